The van der Waals surface area contributed by atoms with Crippen LogP contribution in [-0.2, 0) is 10.8 Å². The topological polar surface area (TPSA) is 73.4 Å². The van der Waals surface area contributed by atoms with Gasteiger partial charge in [-0.3, -0.25) is 0 Å². The van der Waals surface area contributed by atoms with Crippen molar-refractivity contribution < 1.29 is 0 Å². The fourth-order valence-electron chi connectivity index (χ4n) is 1.11. The lowest BCUT2D eigenvalue weighted by atomic mass is 9.88. The lowest BCUT2D eigenvalue weighted by Crippen LogP contribution is -2.21. The molecule has 1 rings (SSSR count). The van der Waals surface area contributed by atoms with Crippen molar-refractivity contribution in [3.8, 4) is 12.1 Å². The molecule has 1 heterocycles. The summed E-state index contributed by atoms with van der Waals surface area (Å²) in [5.74, 6) is 0. The van der Waals surface area contributed by atoms with Gasteiger partial charge >= 0.3 is 0 Å². The van der Waals surface area contributed by atoms with E-state index < -0.39 is 10.8 Å². The summed E-state index contributed by atoms with van der Waals surface area (Å²) in [5, 5.41) is 25.9. The smallest absolute Gasteiger partial charge is 0.0955 e. The monoisotopic (exact) mass is 214 g/mol. The van der Waals surface area contributed by atoms with Crippen molar-refractivity contribution in [2.75, 3.05) is 0 Å². The maximum absolute atomic E-state index is 8.95. The lowest BCUT2D eigenvalue weighted by Gasteiger charge is -2.17. The Labute approximate surface area is 95.5 Å². The molecule has 0 aliphatic heterocycles. The molecular weight excluding hydrogens is 200 g/mol. The summed E-state index contributed by atoms with van der Waals surface area (Å²) in [5.41, 5.74) is -0.0649. The molecule has 4 heteroatoms. The van der Waals surface area contributed by atoms with Crippen molar-refractivity contribution in [3.05, 3.63) is 23.5 Å². The molecule has 1 aromatic heterocycles. The number of hydrogen-bond donors (Lipinski definition) is 0. The van der Waals surface area contributed by atoms with Gasteiger partial charge in [0.15, 0.2) is 0 Å². The molecule has 0 spiro atoms. The highest BCUT2D eigenvalue weighted by Crippen LogP contribution is 2.23. The van der Waals surface area contributed by atoms with Gasteiger partial charge in [0.1, 0.15) is 0 Å². The van der Waals surface area contributed by atoms with Gasteiger partial charge in [0.25, 0.3) is 0 Å². The second-order valence-corrected chi connectivity index (χ2v) is 4.78. The second-order valence-electron chi connectivity index (χ2n) is 4.78. The Hall–Kier alpha value is -1.94. The molecule has 0 saturated carbocycles. The Bertz CT molecular complexity index is 412. The van der Waals surface area contributed by atoms with E-state index in [2.05, 4.69) is 22.3 Å². The Kier molecular flexibility index (Phi) is 2.96. The predicted molar refractivity (Wildman–Crippen MR) is 59.3 cm³/mol. The van der Waals surface area contributed by atoms with Crippen molar-refractivity contribution in [2.45, 2.75) is 38.5 Å². The minimum atomic E-state index is -0.650. The molecule has 0 bridgehead atoms. The van der Waals surface area contributed by atoms with Crippen LogP contribution in [0.25, 0.3) is 0 Å². The van der Waals surface area contributed by atoms with Crippen LogP contribution in [0.1, 0.15) is 39.1 Å². The van der Waals surface area contributed by atoms with Crippen molar-refractivity contribution in [3.63, 3.8) is 0 Å². The zero-order chi connectivity index (χ0) is 12.4. The summed E-state index contributed by atoms with van der Waals surface area (Å²) in [6.07, 6.45) is 0. The molecule has 82 valence electrons. The van der Waals surface area contributed by atoms with Crippen molar-refractivity contribution in [1.82, 2.24) is 10.2 Å². The molecule has 0 radical (unpaired) electrons. The molecular formula is C12H14N4. The van der Waals surface area contributed by atoms with E-state index in [1.165, 1.54) is 0 Å². The van der Waals surface area contributed by atoms with Crippen LogP contribution in [0.3, 0.4) is 0 Å². The number of aromatic nitrogens is 2. The normalized spacial score (nSPS) is 11.6. The summed E-state index contributed by atoms with van der Waals surface area (Å²) in [6.45, 7) is 7.14. The first-order chi connectivity index (χ1) is 7.33. The standard InChI is InChI=1S/C12H14N4/c1-11(2,7-13)9-5-6-10(16-15-9)12(3,4)8-14/h5-6H,1-4H3. The number of nitrogens with zero attached hydrogens (tertiary/aromatic N) is 4. The number of rotatable bonds is 2. The molecule has 0 N–H and O–H groups in total. The first-order valence-electron chi connectivity index (χ1n) is 5.01. The van der Waals surface area contributed by atoms with Gasteiger partial charge in [0.05, 0.1) is 34.4 Å². The van der Waals surface area contributed by atoms with E-state index in [1.807, 2.05) is 0 Å². The van der Waals surface area contributed by atoms with Gasteiger partial charge < -0.3 is 0 Å². The highest BCUT2D eigenvalue weighted by Gasteiger charge is 2.25. The quantitative estimate of drug-likeness (QED) is 0.755. The third-order valence-electron chi connectivity index (χ3n) is 2.50. The van der Waals surface area contributed by atoms with Gasteiger partial charge in [0.2, 0.25) is 0 Å². The van der Waals surface area contributed by atoms with E-state index in [-0.39, 0.29) is 0 Å². The molecule has 0 unspecified atom stereocenters. The average molecular weight is 214 g/mol. The van der Waals surface area contributed by atoms with Gasteiger partial charge in [-0.05, 0) is 39.8 Å². The van der Waals surface area contributed by atoms with Crippen LogP contribution < -0.4 is 0 Å². The lowest BCUT2D eigenvalue weighted by molar-refractivity contribution is 0.604. The Morgan fingerprint density at radius 2 is 1.19 bits per heavy atom. The maximum Gasteiger partial charge on any atom is 0.0955 e. The zero-order valence-corrected chi connectivity index (χ0v) is 9.94. The van der Waals surface area contributed by atoms with Gasteiger partial charge in [-0.25, -0.2) is 0 Å². The van der Waals surface area contributed by atoms with Gasteiger partial charge in [0, 0.05) is 0 Å². The van der Waals surface area contributed by atoms with Crippen LogP contribution in [-0.4, -0.2) is 10.2 Å². The maximum atomic E-state index is 8.95. The summed E-state index contributed by atoms with van der Waals surface area (Å²) in [4.78, 5) is 0. The molecule has 0 aromatic carbocycles. The van der Waals surface area contributed by atoms with Gasteiger partial charge in [-0.1, -0.05) is 0 Å². The highest BCUT2D eigenvalue weighted by atomic mass is 15.1. The molecule has 0 amide bonds. The Morgan fingerprint density at radius 3 is 1.38 bits per heavy atom. The van der Waals surface area contributed by atoms with Gasteiger partial charge in [-0.2, -0.15) is 20.7 Å². The van der Waals surface area contributed by atoms with Crippen LogP contribution >= 0.6 is 0 Å². The predicted octanol–water partition coefficient (Wildman–Crippen LogP) is 2.08. The molecule has 0 fully saturated rings. The number of hydrogen-bond acceptors (Lipinski definition) is 4. The second kappa shape index (κ2) is 3.90. The van der Waals surface area contributed by atoms with E-state index in [1.54, 1.807) is 39.8 Å². The van der Waals surface area contributed by atoms with Crippen LogP contribution in [0.4, 0.5) is 0 Å². The first-order valence-corrected chi connectivity index (χ1v) is 5.01. The third-order valence-corrected chi connectivity index (χ3v) is 2.50. The van der Waals surface area contributed by atoms with E-state index >= 15 is 0 Å². The average Bonchev–Trinajstić information content (AvgIpc) is 2.29. The molecule has 16 heavy (non-hydrogen) atoms. The van der Waals surface area contributed by atoms with Crippen LogP contribution in [0.15, 0.2) is 12.1 Å². The summed E-state index contributed by atoms with van der Waals surface area (Å²) in [6, 6.07) is 7.83. The summed E-state index contributed by atoms with van der Waals surface area (Å²) < 4.78 is 0. The fourth-order valence-corrected chi connectivity index (χ4v) is 1.11. The molecule has 0 saturated heterocycles. The largest absolute Gasteiger partial charge is 0.197 e. The third kappa shape index (κ3) is 2.17. The van der Waals surface area contributed by atoms with Crippen molar-refractivity contribution >= 4 is 0 Å². The highest BCUT2D eigenvalue weighted by molar-refractivity contribution is 5.27. The van der Waals surface area contributed by atoms with E-state index in [4.69, 9.17) is 10.5 Å². The van der Waals surface area contributed by atoms with Gasteiger partial charge in [-0.15, -0.1) is 0 Å². The Morgan fingerprint density at radius 1 is 0.875 bits per heavy atom. The Balaban J connectivity index is 3.13. The molecule has 1 aromatic rings. The van der Waals surface area contributed by atoms with Crippen molar-refractivity contribution in [2.24, 2.45) is 0 Å². The van der Waals surface area contributed by atoms with Crippen LogP contribution in [0, 0.1) is 22.7 Å². The SMILES string of the molecule is CC(C)(C#N)c1ccc(C(C)(C)C#N)nn1. The molecule has 0 aliphatic carbocycles. The van der Waals surface area contributed by atoms with E-state index in [9.17, 15) is 0 Å². The first kappa shape index (κ1) is 12.1. The summed E-state index contributed by atoms with van der Waals surface area (Å²) in [7, 11) is 0. The minimum Gasteiger partial charge on any atom is -0.197 e. The van der Waals surface area contributed by atoms with Crippen LogP contribution in [0.5, 0.6) is 0 Å². The minimum absolute atomic E-state index is 0.618. The van der Waals surface area contributed by atoms with Crippen molar-refractivity contribution in [1.29, 1.82) is 10.5 Å². The zero-order valence-electron chi connectivity index (χ0n) is 9.94. The molecule has 4 nitrogen and oxygen atoms in total. The van der Waals surface area contributed by atoms with E-state index in [0.717, 1.165) is 0 Å². The summed E-state index contributed by atoms with van der Waals surface area (Å²) >= 11 is 0. The number of nitriles is 2. The van der Waals surface area contributed by atoms with E-state index in [0.29, 0.717) is 11.4 Å². The fraction of sp³-hybridized carbons (Fsp3) is 0.500. The molecule has 0 aliphatic rings. The molecule has 0 atom stereocenters. The van der Waals surface area contributed by atoms with Crippen LogP contribution in [0.2, 0.25) is 0 Å².